The van der Waals surface area contributed by atoms with Crippen molar-refractivity contribution in [2.75, 3.05) is 7.11 Å². The van der Waals surface area contributed by atoms with Crippen molar-refractivity contribution in [2.45, 2.75) is 0 Å². The number of halogens is 1. The number of benzene rings is 1. The number of aromatic amines is 1. The van der Waals surface area contributed by atoms with Crippen LogP contribution in [-0.4, -0.2) is 17.3 Å². The van der Waals surface area contributed by atoms with Crippen LogP contribution in [0.2, 0.25) is 5.02 Å². The molecule has 4 nitrogen and oxygen atoms in total. The molecule has 1 heterocycles. The van der Waals surface area contributed by atoms with Gasteiger partial charge in [0.1, 0.15) is 11.3 Å². The van der Waals surface area contributed by atoms with Crippen molar-refractivity contribution in [3.63, 3.8) is 0 Å². The van der Waals surface area contributed by atoms with E-state index in [-0.39, 0.29) is 5.43 Å². The number of hydrogen-bond acceptors (Lipinski definition) is 3. The molecule has 2 rings (SSSR count). The summed E-state index contributed by atoms with van der Waals surface area (Å²) >= 11 is 5.82. The van der Waals surface area contributed by atoms with Crippen LogP contribution in [0.5, 0.6) is 5.75 Å². The van der Waals surface area contributed by atoms with Gasteiger partial charge in [-0.15, -0.1) is 0 Å². The van der Waals surface area contributed by atoms with Gasteiger partial charge >= 0.3 is 0 Å². The molecule has 0 saturated heterocycles. The lowest BCUT2D eigenvalue weighted by molar-refractivity contribution is 0.418. The summed E-state index contributed by atoms with van der Waals surface area (Å²) in [7, 11) is 1.51. The third-order valence-electron chi connectivity index (χ3n) is 1.91. The van der Waals surface area contributed by atoms with E-state index >= 15 is 0 Å². The first-order valence-corrected chi connectivity index (χ1v) is 4.31. The van der Waals surface area contributed by atoms with E-state index in [1.165, 1.54) is 13.3 Å². The molecule has 1 aromatic heterocycles. The van der Waals surface area contributed by atoms with E-state index < -0.39 is 0 Å². The van der Waals surface area contributed by atoms with Gasteiger partial charge in [-0.2, -0.15) is 5.10 Å². The summed E-state index contributed by atoms with van der Waals surface area (Å²) < 4.78 is 5.07. The number of H-pyrrole nitrogens is 1. The molecule has 1 aromatic carbocycles. The van der Waals surface area contributed by atoms with Gasteiger partial charge in [0.05, 0.1) is 18.7 Å². The van der Waals surface area contributed by atoms with Gasteiger partial charge in [-0.1, -0.05) is 11.6 Å². The van der Waals surface area contributed by atoms with E-state index in [1.54, 1.807) is 12.1 Å². The number of rotatable bonds is 1. The van der Waals surface area contributed by atoms with Crippen LogP contribution in [-0.2, 0) is 0 Å². The minimum absolute atomic E-state index is 0.181. The summed E-state index contributed by atoms with van der Waals surface area (Å²) in [4.78, 5) is 11.4. The van der Waals surface area contributed by atoms with Crippen LogP contribution < -0.4 is 10.2 Å². The molecule has 0 bridgehead atoms. The summed E-state index contributed by atoms with van der Waals surface area (Å²) in [6.07, 6.45) is 1.21. The largest absolute Gasteiger partial charge is 0.494 e. The topological polar surface area (TPSA) is 55.0 Å². The van der Waals surface area contributed by atoms with Gasteiger partial charge in [0.2, 0.25) is 5.43 Å². The molecule has 0 aliphatic carbocycles. The zero-order chi connectivity index (χ0) is 10.1. The Labute approximate surface area is 84.5 Å². The van der Waals surface area contributed by atoms with E-state index in [4.69, 9.17) is 16.3 Å². The van der Waals surface area contributed by atoms with Gasteiger partial charge in [-0.3, -0.25) is 9.89 Å². The minimum atomic E-state index is -0.181. The van der Waals surface area contributed by atoms with Gasteiger partial charge in [-0.25, -0.2) is 0 Å². The van der Waals surface area contributed by atoms with Crippen LogP contribution >= 0.6 is 11.6 Å². The fourth-order valence-corrected chi connectivity index (χ4v) is 1.49. The van der Waals surface area contributed by atoms with Gasteiger partial charge in [0, 0.05) is 11.1 Å². The second-order valence-electron chi connectivity index (χ2n) is 2.76. The second-order valence-corrected chi connectivity index (χ2v) is 3.20. The highest BCUT2D eigenvalue weighted by Crippen LogP contribution is 2.25. The fourth-order valence-electron chi connectivity index (χ4n) is 1.28. The van der Waals surface area contributed by atoms with Crippen molar-refractivity contribution < 1.29 is 4.74 Å². The monoisotopic (exact) mass is 210 g/mol. The highest BCUT2D eigenvalue weighted by atomic mass is 35.5. The van der Waals surface area contributed by atoms with Crippen molar-refractivity contribution in [1.82, 2.24) is 10.2 Å². The molecule has 0 radical (unpaired) electrons. The lowest BCUT2D eigenvalue weighted by Crippen LogP contribution is -2.03. The lowest BCUT2D eigenvalue weighted by atomic mass is 10.2. The molecule has 5 heteroatoms. The minimum Gasteiger partial charge on any atom is -0.494 e. The Kier molecular flexibility index (Phi) is 2.13. The van der Waals surface area contributed by atoms with Gasteiger partial charge in [-0.05, 0) is 6.07 Å². The predicted octanol–water partition coefficient (Wildman–Crippen LogP) is 1.59. The maximum Gasteiger partial charge on any atom is 0.208 e. The molecular formula is C9H7ClN2O2. The zero-order valence-electron chi connectivity index (χ0n) is 7.37. The molecule has 14 heavy (non-hydrogen) atoms. The molecule has 0 amide bonds. The molecule has 0 aliphatic heterocycles. The summed E-state index contributed by atoms with van der Waals surface area (Å²) in [6, 6.07) is 3.21. The number of ether oxygens (including phenoxy) is 1. The van der Waals surface area contributed by atoms with E-state index in [0.29, 0.717) is 21.7 Å². The van der Waals surface area contributed by atoms with E-state index in [9.17, 15) is 4.79 Å². The lowest BCUT2D eigenvalue weighted by Gasteiger charge is -2.04. The third kappa shape index (κ3) is 1.33. The summed E-state index contributed by atoms with van der Waals surface area (Å²) in [5.74, 6) is 0.512. The van der Waals surface area contributed by atoms with Gasteiger partial charge in [0.25, 0.3) is 0 Å². The molecule has 0 aliphatic rings. The smallest absolute Gasteiger partial charge is 0.208 e. The highest BCUT2D eigenvalue weighted by molar-refractivity contribution is 6.31. The van der Waals surface area contributed by atoms with Gasteiger partial charge in [0.15, 0.2) is 0 Å². The molecule has 72 valence electrons. The molecule has 0 unspecified atom stereocenters. The van der Waals surface area contributed by atoms with Crippen LogP contribution in [0.15, 0.2) is 23.1 Å². The molecule has 0 fully saturated rings. The first-order chi connectivity index (χ1) is 6.72. The Hall–Kier alpha value is -1.55. The van der Waals surface area contributed by atoms with Crippen LogP contribution in [0.1, 0.15) is 0 Å². The van der Waals surface area contributed by atoms with Crippen LogP contribution in [0, 0.1) is 0 Å². The number of nitrogens with zero attached hydrogens (tertiary/aromatic N) is 1. The number of nitrogens with one attached hydrogen (secondary N) is 1. The first-order valence-electron chi connectivity index (χ1n) is 3.93. The molecule has 0 saturated carbocycles. The maximum absolute atomic E-state index is 11.4. The molecule has 0 atom stereocenters. The number of aromatic nitrogens is 2. The summed E-state index contributed by atoms with van der Waals surface area (Å²) in [5, 5.41) is 7.34. The summed E-state index contributed by atoms with van der Waals surface area (Å²) in [5.41, 5.74) is 0.379. The van der Waals surface area contributed by atoms with E-state index in [1.807, 2.05) is 0 Å². The Morgan fingerprint density at radius 3 is 3.00 bits per heavy atom. The standard InChI is InChI=1S/C9H7ClN2O2/c1-14-8-3-5(10)2-6-7(13)4-11-12-9(6)8/h2-4H,1H3,(H,12,13). The van der Waals surface area contributed by atoms with Gasteiger partial charge < -0.3 is 4.74 Å². The van der Waals surface area contributed by atoms with Crippen molar-refractivity contribution >= 4 is 22.5 Å². The summed E-state index contributed by atoms with van der Waals surface area (Å²) in [6.45, 7) is 0. The molecule has 2 aromatic rings. The number of methoxy groups -OCH3 is 1. The fraction of sp³-hybridized carbons (Fsp3) is 0.111. The highest BCUT2D eigenvalue weighted by Gasteiger charge is 2.06. The van der Waals surface area contributed by atoms with Crippen molar-refractivity contribution in [3.8, 4) is 5.75 Å². The van der Waals surface area contributed by atoms with Crippen LogP contribution in [0.25, 0.3) is 10.9 Å². The maximum atomic E-state index is 11.4. The molecular weight excluding hydrogens is 204 g/mol. The SMILES string of the molecule is COc1cc(Cl)cc2c(=O)cn[nH]c12. The Morgan fingerprint density at radius 1 is 1.50 bits per heavy atom. The molecule has 1 N–H and O–H groups in total. The zero-order valence-corrected chi connectivity index (χ0v) is 8.13. The van der Waals surface area contributed by atoms with Crippen molar-refractivity contribution in [1.29, 1.82) is 0 Å². The number of fused-ring (bicyclic) bond motifs is 1. The quantitative estimate of drug-likeness (QED) is 0.778. The Morgan fingerprint density at radius 2 is 2.29 bits per heavy atom. The van der Waals surface area contributed by atoms with Crippen molar-refractivity contribution in [2.24, 2.45) is 0 Å². The Balaban J connectivity index is 2.95. The van der Waals surface area contributed by atoms with Crippen molar-refractivity contribution in [3.05, 3.63) is 33.6 Å². The van der Waals surface area contributed by atoms with E-state index in [2.05, 4.69) is 10.2 Å². The normalized spacial score (nSPS) is 10.4. The average Bonchev–Trinajstić information content (AvgIpc) is 2.18. The third-order valence-corrected chi connectivity index (χ3v) is 2.13. The number of hydrogen-bond donors (Lipinski definition) is 1. The van der Waals surface area contributed by atoms with E-state index in [0.717, 1.165) is 0 Å². The first kappa shape index (κ1) is 9.02. The van der Waals surface area contributed by atoms with Crippen LogP contribution in [0.3, 0.4) is 0 Å². The van der Waals surface area contributed by atoms with Crippen LogP contribution in [0.4, 0.5) is 0 Å². The predicted molar refractivity (Wildman–Crippen MR) is 53.9 cm³/mol. The molecule has 0 spiro atoms. The average molecular weight is 211 g/mol. The Bertz CT molecular complexity index is 536. The second kappa shape index (κ2) is 3.31.